The second-order valence-electron chi connectivity index (χ2n) is 5.37. The Balaban J connectivity index is 2.53. The highest BCUT2D eigenvalue weighted by atomic mass is 16.2. The molecule has 0 aromatic rings. The molecule has 0 aromatic carbocycles. The highest BCUT2D eigenvalue weighted by Gasteiger charge is 2.32. The molecular formula is C13H27N3O. The Morgan fingerprint density at radius 3 is 2.41 bits per heavy atom. The topological polar surface area (TPSA) is 35.6 Å². The molecule has 4 heteroatoms. The summed E-state index contributed by atoms with van der Waals surface area (Å²) in [5.74, 6) is 0.996. The van der Waals surface area contributed by atoms with Crippen LogP contribution in [0, 0.1) is 11.8 Å². The summed E-state index contributed by atoms with van der Waals surface area (Å²) in [4.78, 5) is 16.6. The molecule has 1 fully saturated rings. The van der Waals surface area contributed by atoms with Crippen LogP contribution in [-0.4, -0.2) is 62.5 Å². The van der Waals surface area contributed by atoms with Crippen molar-refractivity contribution in [3.63, 3.8) is 0 Å². The van der Waals surface area contributed by atoms with Crippen molar-refractivity contribution in [3.05, 3.63) is 0 Å². The number of rotatable bonds is 6. The van der Waals surface area contributed by atoms with E-state index in [1.165, 1.54) is 0 Å². The lowest BCUT2D eigenvalue weighted by molar-refractivity contribution is -0.136. The van der Waals surface area contributed by atoms with Gasteiger partial charge < -0.3 is 15.1 Å². The van der Waals surface area contributed by atoms with E-state index in [-0.39, 0.29) is 5.92 Å². The Labute approximate surface area is 105 Å². The van der Waals surface area contributed by atoms with Gasteiger partial charge in [0.15, 0.2) is 0 Å². The molecule has 0 aliphatic carbocycles. The van der Waals surface area contributed by atoms with Gasteiger partial charge in [0, 0.05) is 26.2 Å². The summed E-state index contributed by atoms with van der Waals surface area (Å²) in [5, 5.41) is 3.31. The van der Waals surface area contributed by atoms with Crippen LogP contribution in [0.3, 0.4) is 0 Å². The number of nitrogens with one attached hydrogen (secondary N) is 1. The van der Waals surface area contributed by atoms with Crippen molar-refractivity contribution in [1.82, 2.24) is 15.1 Å². The van der Waals surface area contributed by atoms with Crippen LogP contribution in [0.5, 0.6) is 0 Å². The molecule has 4 nitrogen and oxygen atoms in total. The first-order valence-corrected chi connectivity index (χ1v) is 6.70. The zero-order valence-electron chi connectivity index (χ0n) is 11.7. The summed E-state index contributed by atoms with van der Waals surface area (Å²) in [6, 6.07) is 0. The quantitative estimate of drug-likeness (QED) is 0.741. The lowest BCUT2D eigenvalue weighted by Gasteiger charge is -2.27. The minimum atomic E-state index is 0.184. The van der Waals surface area contributed by atoms with Crippen LogP contribution in [0.4, 0.5) is 0 Å². The third kappa shape index (κ3) is 4.28. The van der Waals surface area contributed by atoms with E-state index < -0.39 is 0 Å². The molecule has 0 aromatic heterocycles. The minimum absolute atomic E-state index is 0.184. The van der Waals surface area contributed by atoms with Gasteiger partial charge in [0.25, 0.3) is 0 Å². The Bertz CT molecular complexity index is 243. The van der Waals surface area contributed by atoms with E-state index in [0.717, 1.165) is 39.1 Å². The monoisotopic (exact) mass is 241 g/mol. The molecule has 1 rings (SSSR count). The van der Waals surface area contributed by atoms with Crippen molar-refractivity contribution in [3.8, 4) is 0 Å². The van der Waals surface area contributed by atoms with Crippen LogP contribution in [-0.2, 0) is 4.79 Å². The summed E-state index contributed by atoms with van der Waals surface area (Å²) in [6.45, 7) is 8.80. The van der Waals surface area contributed by atoms with Gasteiger partial charge in [-0.15, -0.1) is 0 Å². The van der Waals surface area contributed by atoms with Gasteiger partial charge in [-0.3, -0.25) is 4.79 Å². The Morgan fingerprint density at radius 2 is 1.94 bits per heavy atom. The van der Waals surface area contributed by atoms with E-state index >= 15 is 0 Å². The molecule has 100 valence electrons. The Kier molecular flexibility index (Phi) is 5.92. The third-order valence-corrected chi connectivity index (χ3v) is 3.46. The first-order valence-electron chi connectivity index (χ1n) is 6.70. The van der Waals surface area contributed by atoms with Crippen LogP contribution in [0.25, 0.3) is 0 Å². The molecule has 0 unspecified atom stereocenters. The van der Waals surface area contributed by atoms with Gasteiger partial charge in [-0.25, -0.2) is 0 Å². The molecule has 0 saturated carbocycles. The number of amides is 1. The number of carbonyl (C=O) groups is 1. The summed E-state index contributed by atoms with van der Waals surface area (Å²) in [5.41, 5.74) is 0. The lowest BCUT2D eigenvalue weighted by Crippen LogP contribution is -2.42. The lowest BCUT2D eigenvalue weighted by atomic mass is 9.96. The molecule has 0 spiro atoms. The summed E-state index contributed by atoms with van der Waals surface area (Å²) >= 11 is 0. The maximum atomic E-state index is 12.4. The summed E-state index contributed by atoms with van der Waals surface area (Å²) in [6.07, 6.45) is 1.04. The molecule has 1 N–H and O–H groups in total. The van der Waals surface area contributed by atoms with E-state index in [1.54, 1.807) is 0 Å². The van der Waals surface area contributed by atoms with Crippen molar-refractivity contribution in [2.45, 2.75) is 20.3 Å². The van der Waals surface area contributed by atoms with E-state index in [9.17, 15) is 4.79 Å². The molecule has 1 aliphatic rings. The van der Waals surface area contributed by atoms with E-state index in [4.69, 9.17) is 0 Å². The fraction of sp³-hybridized carbons (Fsp3) is 0.923. The molecule has 1 saturated heterocycles. The smallest absolute Gasteiger partial charge is 0.227 e. The van der Waals surface area contributed by atoms with Crippen LogP contribution < -0.4 is 5.32 Å². The first kappa shape index (κ1) is 14.5. The molecule has 0 radical (unpaired) electrons. The number of carbonyl (C=O) groups excluding carboxylic acids is 1. The molecule has 17 heavy (non-hydrogen) atoms. The van der Waals surface area contributed by atoms with Crippen LogP contribution in [0.1, 0.15) is 20.3 Å². The van der Waals surface area contributed by atoms with Crippen molar-refractivity contribution < 1.29 is 4.79 Å². The average Bonchev–Trinajstić information content (AvgIpc) is 2.69. The van der Waals surface area contributed by atoms with Crippen molar-refractivity contribution >= 4 is 5.91 Å². The molecular weight excluding hydrogens is 214 g/mol. The highest BCUT2D eigenvalue weighted by Crippen LogP contribution is 2.18. The number of hydrogen-bond acceptors (Lipinski definition) is 3. The van der Waals surface area contributed by atoms with Gasteiger partial charge in [-0.2, -0.15) is 0 Å². The minimum Gasteiger partial charge on any atom is -0.341 e. The van der Waals surface area contributed by atoms with Gasteiger partial charge in [0.1, 0.15) is 0 Å². The number of likely N-dealkylation sites (N-methyl/N-ethyl adjacent to an activating group) is 1. The number of hydrogen-bond donors (Lipinski definition) is 1. The van der Waals surface area contributed by atoms with Crippen molar-refractivity contribution in [2.24, 2.45) is 11.8 Å². The predicted molar refractivity (Wildman–Crippen MR) is 70.9 cm³/mol. The van der Waals surface area contributed by atoms with E-state index in [2.05, 4.69) is 24.1 Å². The summed E-state index contributed by atoms with van der Waals surface area (Å²) < 4.78 is 0. The van der Waals surface area contributed by atoms with Crippen LogP contribution in [0.2, 0.25) is 0 Å². The fourth-order valence-electron chi connectivity index (χ4n) is 2.30. The first-order chi connectivity index (χ1) is 8.06. The van der Waals surface area contributed by atoms with E-state index in [0.29, 0.717) is 11.8 Å². The molecule has 1 amide bonds. The van der Waals surface area contributed by atoms with Gasteiger partial charge in [-0.05, 0) is 33.0 Å². The van der Waals surface area contributed by atoms with Crippen molar-refractivity contribution in [2.75, 3.05) is 46.8 Å². The molecule has 2 atom stereocenters. The Morgan fingerprint density at radius 1 is 1.24 bits per heavy atom. The second kappa shape index (κ2) is 6.97. The highest BCUT2D eigenvalue weighted by molar-refractivity contribution is 5.79. The number of nitrogens with zero attached hydrogens (tertiary/aromatic N) is 2. The van der Waals surface area contributed by atoms with E-state index in [1.807, 2.05) is 19.0 Å². The average molecular weight is 241 g/mol. The van der Waals surface area contributed by atoms with Crippen LogP contribution in [0.15, 0.2) is 0 Å². The zero-order chi connectivity index (χ0) is 12.8. The van der Waals surface area contributed by atoms with Gasteiger partial charge in [-0.1, -0.05) is 13.8 Å². The fourth-order valence-corrected chi connectivity index (χ4v) is 2.30. The molecule has 1 heterocycles. The maximum Gasteiger partial charge on any atom is 0.227 e. The van der Waals surface area contributed by atoms with Crippen molar-refractivity contribution in [1.29, 1.82) is 0 Å². The van der Waals surface area contributed by atoms with Gasteiger partial charge >= 0.3 is 0 Å². The van der Waals surface area contributed by atoms with Crippen LogP contribution >= 0.6 is 0 Å². The normalized spacial score (nSPS) is 24.3. The summed E-state index contributed by atoms with van der Waals surface area (Å²) in [7, 11) is 4.10. The van der Waals surface area contributed by atoms with Gasteiger partial charge in [0.2, 0.25) is 5.91 Å². The standard InChI is InChI=1S/C13H27N3O/c1-5-6-16(8-7-15(3)4)13(17)12-10-14-9-11(12)2/h11-12,14H,5-10H2,1-4H3/t11-,12-/m1/s1. The molecule has 1 aliphatic heterocycles. The predicted octanol–water partition coefficient (Wildman–Crippen LogP) is 0.642. The largest absolute Gasteiger partial charge is 0.341 e. The maximum absolute atomic E-state index is 12.4. The SMILES string of the molecule is CCCN(CCN(C)C)C(=O)[C@@H]1CNC[C@H]1C. The van der Waals surface area contributed by atoms with Gasteiger partial charge in [0.05, 0.1) is 5.92 Å². The second-order valence-corrected chi connectivity index (χ2v) is 5.37. The zero-order valence-corrected chi connectivity index (χ0v) is 11.7. The Hall–Kier alpha value is -0.610. The third-order valence-electron chi connectivity index (χ3n) is 3.46. The molecule has 0 bridgehead atoms.